The van der Waals surface area contributed by atoms with Crippen LogP contribution in [-0.4, -0.2) is 49.9 Å². The summed E-state index contributed by atoms with van der Waals surface area (Å²) in [4.78, 5) is 23.0. The summed E-state index contributed by atoms with van der Waals surface area (Å²) in [5, 5.41) is 13.8. The highest BCUT2D eigenvalue weighted by Gasteiger charge is 2.24. The molecule has 1 N–H and O–H groups in total. The monoisotopic (exact) mass is 493 g/mol. The molecule has 1 aliphatic rings. The van der Waals surface area contributed by atoms with Gasteiger partial charge in [0.1, 0.15) is 0 Å². The van der Waals surface area contributed by atoms with Gasteiger partial charge >= 0.3 is 5.97 Å². The first kappa shape index (κ1) is 24.6. The fraction of sp³-hybridized carbons (Fsp3) is 0.267. The van der Waals surface area contributed by atoms with Gasteiger partial charge in [-0.15, -0.1) is 0 Å². The Morgan fingerprint density at radius 2 is 1.84 bits per heavy atom. The smallest absolute Gasteiger partial charge is 0.306 e. The Bertz CT molecular complexity index is 1450. The minimum atomic E-state index is -0.672. The molecular weight excluding hydrogens is 462 g/mol. The van der Waals surface area contributed by atoms with Crippen LogP contribution < -0.4 is 0 Å². The van der Waals surface area contributed by atoms with Gasteiger partial charge in [0.25, 0.3) is 0 Å². The van der Waals surface area contributed by atoms with Crippen molar-refractivity contribution in [1.82, 2.24) is 19.5 Å². The maximum Gasteiger partial charge on any atom is 0.306 e. The number of aliphatic carboxylic acids is 1. The molecule has 2 aromatic carbocycles. The molecule has 0 bridgehead atoms. The first-order valence-corrected chi connectivity index (χ1v) is 12.6. The topological polar surface area (TPSA) is 83.1 Å². The van der Waals surface area contributed by atoms with Gasteiger partial charge in [-0.3, -0.25) is 9.69 Å². The first-order chi connectivity index (χ1) is 18.0. The van der Waals surface area contributed by atoms with Gasteiger partial charge in [0.05, 0.1) is 11.6 Å². The summed E-state index contributed by atoms with van der Waals surface area (Å²) in [7, 11) is 0. The van der Waals surface area contributed by atoms with Crippen molar-refractivity contribution in [3.8, 4) is 0 Å². The standard InChI is InChI=1S/C30H31N5O2/c1-21(25-6-4-3-5-7-25)16-27-19-31-28-17-22(2)33-35(28)29(27)32-18-23-8-10-24(11-9-23)20-34-14-12-26(13-15-34)30(36)37/h3-11,16-19,26H,12-15,20H2,1-2H3,(H,36,37)/b21-16+,32-18+. The largest absolute Gasteiger partial charge is 0.481 e. The highest BCUT2D eigenvalue weighted by atomic mass is 16.4. The van der Waals surface area contributed by atoms with Gasteiger partial charge < -0.3 is 5.11 Å². The molecule has 0 unspecified atom stereocenters. The van der Waals surface area contributed by atoms with E-state index in [0.717, 1.165) is 59.1 Å². The van der Waals surface area contributed by atoms with Crippen molar-refractivity contribution < 1.29 is 9.90 Å². The summed E-state index contributed by atoms with van der Waals surface area (Å²) in [6.07, 6.45) is 7.25. The minimum Gasteiger partial charge on any atom is -0.481 e. The molecular formula is C30H31N5O2. The van der Waals surface area contributed by atoms with Gasteiger partial charge in [-0.1, -0.05) is 54.6 Å². The lowest BCUT2D eigenvalue weighted by molar-refractivity contribution is -0.143. The number of hydrogen-bond acceptors (Lipinski definition) is 5. The number of allylic oxidation sites excluding steroid dienone is 1. The highest BCUT2D eigenvalue weighted by Crippen LogP contribution is 2.26. The van der Waals surface area contributed by atoms with Crippen molar-refractivity contribution in [2.24, 2.45) is 10.9 Å². The fourth-order valence-corrected chi connectivity index (χ4v) is 4.74. The second kappa shape index (κ2) is 10.9. The minimum absolute atomic E-state index is 0.204. The quantitative estimate of drug-likeness (QED) is 0.337. The summed E-state index contributed by atoms with van der Waals surface area (Å²) >= 11 is 0. The third-order valence-electron chi connectivity index (χ3n) is 6.87. The van der Waals surface area contributed by atoms with Crippen molar-refractivity contribution in [3.63, 3.8) is 0 Å². The molecule has 0 radical (unpaired) electrons. The number of carboxylic acids is 1. The molecule has 188 valence electrons. The van der Waals surface area contributed by atoms with Gasteiger partial charge in [-0.2, -0.15) is 9.61 Å². The van der Waals surface area contributed by atoms with Crippen molar-refractivity contribution in [2.45, 2.75) is 33.2 Å². The molecule has 37 heavy (non-hydrogen) atoms. The van der Waals surface area contributed by atoms with Gasteiger partial charge in [0.15, 0.2) is 11.5 Å². The second-order valence-corrected chi connectivity index (χ2v) is 9.67. The molecule has 0 atom stereocenters. The zero-order chi connectivity index (χ0) is 25.8. The number of fused-ring (bicyclic) bond motifs is 1. The molecule has 0 aliphatic carbocycles. The van der Waals surface area contributed by atoms with E-state index in [1.807, 2.05) is 43.6 Å². The van der Waals surface area contributed by atoms with Crippen LogP contribution in [0.25, 0.3) is 17.3 Å². The van der Waals surface area contributed by atoms with Crippen molar-refractivity contribution in [1.29, 1.82) is 0 Å². The van der Waals surface area contributed by atoms with Crippen LogP contribution in [0.2, 0.25) is 0 Å². The molecule has 1 saturated heterocycles. The first-order valence-electron chi connectivity index (χ1n) is 12.6. The summed E-state index contributed by atoms with van der Waals surface area (Å²) in [6, 6.07) is 20.6. The predicted octanol–water partition coefficient (Wildman–Crippen LogP) is 5.65. The number of benzene rings is 2. The third kappa shape index (κ3) is 5.84. The van der Waals surface area contributed by atoms with E-state index in [-0.39, 0.29) is 5.92 Å². The maximum atomic E-state index is 11.2. The van der Waals surface area contributed by atoms with Crippen LogP contribution in [0, 0.1) is 12.8 Å². The van der Waals surface area contributed by atoms with Gasteiger partial charge in [0, 0.05) is 30.6 Å². The van der Waals surface area contributed by atoms with Crippen LogP contribution in [0.5, 0.6) is 0 Å². The highest BCUT2D eigenvalue weighted by molar-refractivity contribution is 5.86. The average Bonchev–Trinajstić information content (AvgIpc) is 3.30. The fourth-order valence-electron chi connectivity index (χ4n) is 4.74. The molecule has 0 amide bonds. The average molecular weight is 494 g/mol. The summed E-state index contributed by atoms with van der Waals surface area (Å²) in [6.45, 7) is 6.51. The molecule has 5 rings (SSSR count). The Morgan fingerprint density at radius 3 is 2.54 bits per heavy atom. The molecule has 0 spiro atoms. The lowest BCUT2D eigenvalue weighted by Gasteiger charge is -2.30. The predicted molar refractivity (Wildman–Crippen MR) is 147 cm³/mol. The number of piperidine rings is 1. The van der Waals surface area contributed by atoms with E-state index in [2.05, 4.69) is 64.4 Å². The molecule has 1 aliphatic heterocycles. The number of carbonyl (C=O) groups is 1. The number of carboxylic acid groups (broad SMARTS) is 1. The van der Waals surface area contributed by atoms with Crippen molar-refractivity contribution in [3.05, 3.63) is 94.8 Å². The molecule has 7 heteroatoms. The molecule has 2 aromatic heterocycles. The second-order valence-electron chi connectivity index (χ2n) is 9.67. The lowest BCUT2D eigenvalue weighted by Crippen LogP contribution is -2.35. The summed E-state index contributed by atoms with van der Waals surface area (Å²) < 4.78 is 1.80. The number of aryl methyl sites for hydroxylation is 1. The van der Waals surface area contributed by atoms with Crippen LogP contribution >= 0.6 is 0 Å². The van der Waals surface area contributed by atoms with Crippen molar-refractivity contribution >= 4 is 35.3 Å². The van der Waals surface area contributed by atoms with E-state index in [1.54, 1.807) is 4.52 Å². The van der Waals surface area contributed by atoms with Crippen LogP contribution in [-0.2, 0) is 11.3 Å². The normalized spacial score (nSPS) is 15.6. The van der Waals surface area contributed by atoms with E-state index in [4.69, 9.17) is 4.99 Å². The van der Waals surface area contributed by atoms with E-state index in [9.17, 15) is 9.90 Å². The Kier molecular flexibility index (Phi) is 7.23. The van der Waals surface area contributed by atoms with Crippen LogP contribution in [0.3, 0.4) is 0 Å². The number of aliphatic imine (C=N–C) groups is 1. The van der Waals surface area contributed by atoms with E-state index in [0.29, 0.717) is 12.8 Å². The molecule has 1 fully saturated rings. The molecule has 7 nitrogen and oxygen atoms in total. The SMILES string of the molecule is C/C(=C\c1cnc2cc(C)nn2c1/N=C/c1ccc(CN2CCC(C(=O)O)CC2)cc1)c1ccccc1. The lowest BCUT2D eigenvalue weighted by atomic mass is 9.97. The van der Waals surface area contributed by atoms with E-state index in [1.165, 1.54) is 5.56 Å². The Labute approximate surface area is 216 Å². The summed E-state index contributed by atoms with van der Waals surface area (Å²) in [5.74, 6) is -0.142. The number of rotatable bonds is 7. The number of likely N-dealkylation sites (tertiary alicyclic amines) is 1. The van der Waals surface area contributed by atoms with Gasteiger partial charge in [0.2, 0.25) is 0 Å². The maximum absolute atomic E-state index is 11.2. The third-order valence-corrected chi connectivity index (χ3v) is 6.87. The van der Waals surface area contributed by atoms with Gasteiger partial charge in [-0.05, 0) is 68.1 Å². The van der Waals surface area contributed by atoms with Crippen LogP contribution in [0.1, 0.15) is 47.7 Å². The Balaban J connectivity index is 1.36. The zero-order valence-corrected chi connectivity index (χ0v) is 21.2. The van der Waals surface area contributed by atoms with Crippen molar-refractivity contribution in [2.75, 3.05) is 13.1 Å². The van der Waals surface area contributed by atoms with Gasteiger partial charge in [-0.25, -0.2) is 9.98 Å². The van der Waals surface area contributed by atoms with E-state index >= 15 is 0 Å². The zero-order valence-electron chi connectivity index (χ0n) is 21.2. The Hall–Kier alpha value is -4.10. The summed E-state index contributed by atoms with van der Waals surface area (Å²) in [5.41, 5.74) is 7.03. The number of nitrogens with zero attached hydrogens (tertiary/aromatic N) is 5. The molecule has 4 aromatic rings. The molecule has 0 saturated carbocycles. The van der Waals surface area contributed by atoms with Crippen LogP contribution in [0.15, 0.2) is 71.9 Å². The molecule has 3 heterocycles. The van der Waals surface area contributed by atoms with Crippen LogP contribution in [0.4, 0.5) is 5.82 Å². The van der Waals surface area contributed by atoms with E-state index < -0.39 is 5.97 Å². The number of hydrogen-bond donors (Lipinski definition) is 1. The Morgan fingerprint density at radius 1 is 1.11 bits per heavy atom. The number of aromatic nitrogens is 3.